The van der Waals surface area contributed by atoms with Gasteiger partial charge in [-0.1, -0.05) is 48.5 Å². The van der Waals surface area contributed by atoms with E-state index in [4.69, 9.17) is 4.42 Å². The van der Waals surface area contributed by atoms with Gasteiger partial charge in [-0.05, 0) is 12.1 Å². The molecular weight excluding hydrogens is 212 g/mol. The van der Waals surface area contributed by atoms with Gasteiger partial charge < -0.3 is 4.42 Å². The van der Waals surface area contributed by atoms with Crippen molar-refractivity contribution >= 4 is 0 Å². The normalized spacial score (nSPS) is 10.4. The van der Waals surface area contributed by atoms with Crippen LogP contribution in [0.5, 0.6) is 0 Å². The zero-order valence-electron chi connectivity index (χ0n) is 9.21. The summed E-state index contributed by atoms with van der Waals surface area (Å²) in [6, 6.07) is 19.9. The predicted molar refractivity (Wildman–Crippen MR) is 67.4 cm³/mol. The minimum Gasteiger partial charge on any atom is -0.436 e. The van der Waals surface area contributed by atoms with Gasteiger partial charge in [0.15, 0.2) is 5.76 Å². The highest BCUT2D eigenvalue weighted by atomic mass is 18.2. The molecule has 0 aliphatic carbocycles. The minimum atomic E-state index is 0.657. The standard InChI is InChI=1S/C15H11NO/c1-3-7-12(8-4-1)14-11-16-15(17-14)13-9-5-2-6-10-13/h1-11H/i17+2. The van der Waals surface area contributed by atoms with Crippen molar-refractivity contribution in [3.8, 4) is 22.8 Å². The lowest BCUT2D eigenvalue weighted by molar-refractivity contribution is 0.589. The van der Waals surface area contributed by atoms with E-state index in [0.717, 1.165) is 16.9 Å². The number of rotatable bonds is 2. The Hall–Kier alpha value is -2.35. The Bertz CT molecular complexity index is 545. The number of nitrogens with zero attached hydrogens (tertiary/aromatic N) is 1. The van der Waals surface area contributed by atoms with Crippen LogP contribution in [0.25, 0.3) is 22.8 Å². The molecule has 0 saturated heterocycles. The fraction of sp³-hybridized carbons (Fsp3) is 0. The van der Waals surface area contributed by atoms with Gasteiger partial charge in [0, 0.05) is 11.1 Å². The molecule has 0 aliphatic heterocycles. The van der Waals surface area contributed by atoms with Crippen molar-refractivity contribution in [1.29, 1.82) is 0 Å². The summed E-state index contributed by atoms with van der Waals surface area (Å²) in [5.74, 6) is 1.45. The summed E-state index contributed by atoms with van der Waals surface area (Å²) in [6.07, 6.45) is 1.76. The topological polar surface area (TPSA) is 26.0 Å². The van der Waals surface area contributed by atoms with Gasteiger partial charge in [0.2, 0.25) is 5.89 Å². The van der Waals surface area contributed by atoms with Crippen molar-refractivity contribution in [3.63, 3.8) is 0 Å². The summed E-state index contributed by atoms with van der Waals surface area (Å²) in [5.41, 5.74) is 2.04. The lowest BCUT2D eigenvalue weighted by Gasteiger charge is -1.95. The van der Waals surface area contributed by atoms with E-state index in [0.29, 0.717) is 5.89 Å². The maximum Gasteiger partial charge on any atom is 0.226 e. The van der Waals surface area contributed by atoms with Crippen LogP contribution in [0.1, 0.15) is 0 Å². The molecule has 0 radical (unpaired) electrons. The van der Waals surface area contributed by atoms with Crippen LogP contribution in [-0.2, 0) is 0 Å². The third-order valence-corrected chi connectivity index (χ3v) is 2.58. The lowest BCUT2D eigenvalue weighted by atomic mass is 10.2. The Labute approximate surface area is 99.6 Å². The third kappa shape index (κ3) is 1.97. The molecule has 0 N–H and O–H groups in total. The molecule has 2 nitrogen and oxygen atoms in total. The van der Waals surface area contributed by atoms with Crippen LogP contribution in [0.2, 0.25) is 0 Å². The fourth-order valence-corrected chi connectivity index (χ4v) is 1.72. The number of benzene rings is 2. The van der Waals surface area contributed by atoms with Crippen LogP contribution in [0, 0.1) is 0 Å². The Morgan fingerprint density at radius 3 is 1.94 bits per heavy atom. The minimum absolute atomic E-state index is 0.657. The molecule has 17 heavy (non-hydrogen) atoms. The highest BCUT2D eigenvalue weighted by Crippen LogP contribution is 2.25. The summed E-state index contributed by atoms with van der Waals surface area (Å²) in [4.78, 5) is 4.30. The molecule has 82 valence electrons. The van der Waals surface area contributed by atoms with Crippen LogP contribution in [0.3, 0.4) is 0 Å². The molecule has 0 saturated carbocycles. The van der Waals surface area contributed by atoms with E-state index in [1.165, 1.54) is 0 Å². The first-order chi connectivity index (χ1) is 8.43. The van der Waals surface area contributed by atoms with Gasteiger partial charge in [0.25, 0.3) is 0 Å². The second-order valence-corrected chi connectivity index (χ2v) is 3.76. The van der Waals surface area contributed by atoms with E-state index >= 15 is 0 Å². The van der Waals surface area contributed by atoms with E-state index in [1.807, 2.05) is 60.7 Å². The van der Waals surface area contributed by atoms with Crippen molar-refractivity contribution in [3.05, 3.63) is 66.9 Å². The summed E-state index contributed by atoms with van der Waals surface area (Å²) >= 11 is 0. The Morgan fingerprint density at radius 2 is 1.29 bits per heavy atom. The van der Waals surface area contributed by atoms with Crippen LogP contribution < -0.4 is 0 Å². The van der Waals surface area contributed by atoms with Crippen molar-refractivity contribution in [2.75, 3.05) is 0 Å². The highest BCUT2D eigenvalue weighted by Gasteiger charge is 2.06. The maximum absolute atomic E-state index is 5.74. The first kappa shape index (κ1) is 9.85. The molecule has 2 aromatic carbocycles. The zero-order chi connectivity index (χ0) is 11.5. The van der Waals surface area contributed by atoms with Crippen LogP contribution >= 0.6 is 0 Å². The molecule has 0 amide bonds. The Kier molecular flexibility index (Phi) is 2.47. The molecule has 3 aromatic rings. The SMILES string of the molecule is c1ccc(-c2cnc(-c3ccccc3)[18o]2)cc1. The van der Waals surface area contributed by atoms with Gasteiger partial charge in [-0.3, -0.25) is 0 Å². The molecule has 0 aliphatic rings. The average molecular weight is 223 g/mol. The summed E-state index contributed by atoms with van der Waals surface area (Å²) < 4.78 is 5.74. The molecule has 0 unspecified atom stereocenters. The van der Waals surface area contributed by atoms with Gasteiger partial charge in [0.1, 0.15) is 0 Å². The molecule has 2 heteroatoms. The van der Waals surface area contributed by atoms with Crippen LogP contribution in [0.15, 0.2) is 71.3 Å². The molecule has 3 rings (SSSR count). The first-order valence-corrected chi connectivity index (χ1v) is 5.50. The van der Waals surface area contributed by atoms with E-state index in [1.54, 1.807) is 6.20 Å². The molecule has 0 spiro atoms. The zero-order valence-corrected chi connectivity index (χ0v) is 9.21. The van der Waals surface area contributed by atoms with E-state index in [-0.39, 0.29) is 0 Å². The van der Waals surface area contributed by atoms with Gasteiger partial charge in [-0.15, -0.1) is 0 Å². The Balaban J connectivity index is 1.99. The average Bonchev–Trinajstić information content (AvgIpc) is 2.90. The predicted octanol–water partition coefficient (Wildman–Crippen LogP) is 4.01. The first-order valence-electron chi connectivity index (χ1n) is 5.50. The molecule has 0 bridgehead atoms. The number of hydrogen-bond donors (Lipinski definition) is 0. The second kappa shape index (κ2) is 4.26. The summed E-state index contributed by atoms with van der Waals surface area (Å²) in [5, 5.41) is 0. The van der Waals surface area contributed by atoms with E-state index in [2.05, 4.69) is 4.98 Å². The van der Waals surface area contributed by atoms with Crippen molar-refractivity contribution in [2.24, 2.45) is 0 Å². The quantitative estimate of drug-likeness (QED) is 0.656. The van der Waals surface area contributed by atoms with Crippen LogP contribution in [-0.4, -0.2) is 4.98 Å². The van der Waals surface area contributed by atoms with Crippen molar-refractivity contribution < 1.29 is 4.42 Å². The summed E-state index contributed by atoms with van der Waals surface area (Å²) in [7, 11) is 0. The number of aromatic nitrogens is 1. The molecule has 1 aromatic heterocycles. The van der Waals surface area contributed by atoms with Gasteiger partial charge in [0.05, 0.1) is 6.20 Å². The maximum atomic E-state index is 5.74. The number of oxazole rings is 1. The molecule has 1 heterocycles. The number of hydrogen-bond acceptors (Lipinski definition) is 2. The molecule has 0 fully saturated rings. The molecule has 0 atom stereocenters. The van der Waals surface area contributed by atoms with Crippen LogP contribution in [0.4, 0.5) is 0 Å². The van der Waals surface area contributed by atoms with Gasteiger partial charge in [-0.25, -0.2) is 4.98 Å². The molecular formula is C15H11NO. The second-order valence-electron chi connectivity index (χ2n) is 3.76. The Morgan fingerprint density at radius 1 is 0.706 bits per heavy atom. The summed E-state index contributed by atoms with van der Waals surface area (Å²) in [6.45, 7) is 0. The van der Waals surface area contributed by atoms with Crippen molar-refractivity contribution in [2.45, 2.75) is 0 Å². The van der Waals surface area contributed by atoms with Gasteiger partial charge >= 0.3 is 0 Å². The largest absolute Gasteiger partial charge is 0.436 e. The lowest BCUT2D eigenvalue weighted by Crippen LogP contribution is -1.73. The van der Waals surface area contributed by atoms with E-state index < -0.39 is 0 Å². The van der Waals surface area contributed by atoms with Crippen molar-refractivity contribution in [1.82, 2.24) is 4.98 Å². The van der Waals surface area contributed by atoms with E-state index in [9.17, 15) is 0 Å². The highest BCUT2D eigenvalue weighted by molar-refractivity contribution is 5.60. The third-order valence-electron chi connectivity index (χ3n) is 2.58. The monoisotopic (exact) mass is 223 g/mol. The smallest absolute Gasteiger partial charge is 0.226 e. The van der Waals surface area contributed by atoms with Gasteiger partial charge in [-0.2, -0.15) is 0 Å². The fourth-order valence-electron chi connectivity index (χ4n) is 1.72.